The number of hydrogen-bond acceptors (Lipinski definition) is 3. The van der Waals surface area contributed by atoms with Gasteiger partial charge in [-0.25, -0.2) is 0 Å². The van der Waals surface area contributed by atoms with Crippen LogP contribution in [0, 0.1) is 10.1 Å². The highest BCUT2D eigenvalue weighted by Gasteiger charge is 2.22. The van der Waals surface area contributed by atoms with Gasteiger partial charge in [-0.05, 0) is 36.5 Å². The lowest BCUT2D eigenvalue weighted by Crippen LogP contribution is -2.17. The molecule has 0 saturated heterocycles. The number of fused-ring (bicyclic) bond motifs is 1. The van der Waals surface area contributed by atoms with Gasteiger partial charge >= 0.3 is 0 Å². The molecule has 1 unspecified atom stereocenters. The number of aryl methyl sites for hydroxylation is 1. The predicted molar refractivity (Wildman–Crippen MR) is 78.8 cm³/mol. The van der Waals surface area contributed by atoms with Crippen LogP contribution >= 0.6 is 0 Å². The van der Waals surface area contributed by atoms with Crippen molar-refractivity contribution in [3.8, 4) is 0 Å². The van der Waals surface area contributed by atoms with E-state index >= 15 is 0 Å². The zero-order valence-corrected chi connectivity index (χ0v) is 11.1. The van der Waals surface area contributed by atoms with E-state index in [9.17, 15) is 10.1 Å². The Hall–Kier alpha value is -2.36. The molecule has 0 aliphatic heterocycles. The van der Waals surface area contributed by atoms with E-state index in [1.807, 2.05) is 18.2 Å². The molecule has 0 spiro atoms. The topological polar surface area (TPSA) is 55.2 Å². The van der Waals surface area contributed by atoms with Gasteiger partial charge in [0, 0.05) is 6.07 Å². The van der Waals surface area contributed by atoms with E-state index in [4.69, 9.17) is 0 Å². The first kappa shape index (κ1) is 12.7. The maximum atomic E-state index is 11.1. The van der Waals surface area contributed by atoms with Crippen LogP contribution in [0.15, 0.2) is 48.5 Å². The number of para-hydroxylation sites is 2. The van der Waals surface area contributed by atoms with Gasteiger partial charge in [-0.2, -0.15) is 0 Å². The average Bonchev–Trinajstić information content (AvgIpc) is 2.48. The zero-order chi connectivity index (χ0) is 13.9. The molecule has 20 heavy (non-hydrogen) atoms. The summed E-state index contributed by atoms with van der Waals surface area (Å²) < 4.78 is 0. The van der Waals surface area contributed by atoms with Crippen molar-refractivity contribution in [2.75, 3.05) is 5.32 Å². The van der Waals surface area contributed by atoms with Gasteiger partial charge in [0.05, 0.1) is 11.0 Å². The average molecular weight is 268 g/mol. The number of nitro groups is 1. The standard InChI is InChI=1S/C16H16N2O2/c19-18(20)16-11-4-3-9-15(16)17-14-10-5-7-12-6-1-2-8-13(12)14/h1-4,6,8-9,11,14,17H,5,7,10H2. The Morgan fingerprint density at radius 1 is 1.10 bits per heavy atom. The van der Waals surface area contributed by atoms with Crippen LogP contribution in [0.1, 0.15) is 30.0 Å². The third kappa shape index (κ3) is 2.37. The highest BCUT2D eigenvalue weighted by molar-refractivity contribution is 5.62. The summed E-state index contributed by atoms with van der Waals surface area (Å²) in [6, 6.07) is 15.3. The minimum atomic E-state index is -0.336. The fourth-order valence-corrected chi connectivity index (χ4v) is 2.85. The molecule has 1 atom stereocenters. The number of nitrogens with zero attached hydrogens (tertiary/aromatic N) is 1. The molecule has 1 N–H and O–H groups in total. The van der Waals surface area contributed by atoms with Gasteiger partial charge in [-0.3, -0.25) is 10.1 Å². The quantitative estimate of drug-likeness (QED) is 0.674. The molecule has 0 amide bonds. The molecule has 1 aliphatic rings. The number of anilines is 1. The molecule has 0 heterocycles. The van der Waals surface area contributed by atoms with E-state index in [0.29, 0.717) is 5.69 Å². The van der Waals surface area contributed by atoms with Crippen molar-refractivity contribution in [2.45, 2.75) is 25.3 Å². The van der Waals surface area contributed by atoms with Gasteiger partial charge in [0.2, 0.25) is 0 Å². The van der Waals surface area contributed by atoms with E-state index < -0.39 is 0 Å². The molecule has 3 rings (SSSR count). The summed E-state index contributed by atoms with van der Waals surface area (Å²) in [5.74, 6) is 0. The first-order valence-electron chi connectivity index (χ1n) is 6.83. The number of nitrogens with one attached hydrogen (secondary N) is 1. The van der Waals surface area contributed by atoms with Gasteiger partial charge in [0.1, 0.15) is 5.69 Å². The molecule has 4 nitrogen and oxygen atoms in total. The lowest BCUT2D eigenvalue weighted by molar-refractivity contribution is -0.384. The molecule has 0 aromatic heterocycles. The molecule has 4 heteroatoms. The molecule has 2 aromatic carbocycles. The summed E-state index contributed by atoms with van der Waals surface area (Å²) in [5, 5.41) is 14.4. The van der Waals surface area contributed by atoms with Gasteiger partial charge in [0.15, 0.2) is 0 Å². The number of hydrogen-bond donors (Lipinski definition) is 1. The summed E-state index contributed by atoms with van der Waals surface area (Å²) in [6.45, 7) is 0. The molecule has 102 valence electrons. The Morgan fingerprint density at radius 3 is 2.70 bits per heavy atom. The molecule has 2 aromatic rings. The Balaban J connectivity index is 1.92. The monoisotopic (exact) mass is 268 g/mol. The normalized spacial score (nSPS) is 17.3. The molecular formula is C16H16N2O2. The minimum Gasteiger partial charge on any atom is -0.373 e. The van der Waals surface area contributed by atoms with Gasteiger partial charge in [0.25, 0.3) is 5.69 Å². The number of benzene rings is 2. The Labute approximate surface area is 117 Å². The van der Waals surface area contributed by atoms with E-state index in [0.717, 1.165) is 19.3 Å². The van der Waals surface area contributed by atoms with Crippen molar-refractivity contribution in [2.24, 2.45) is 0 Å². The van der Waals surface area contributed by atoms with Crippen molar-refractivity contribution in [3.05, 3.63) is 69.8 Å². The van der Waals surface area contributed by atoms with Gasteiger partial charge in [-0.15, -0.1) is 0 Å². The van der Waals surface area contributed by atoms with Crippen LogP contribution in [0.25, 0.3) is 0 Å². The third-order valence-electron chi connectivity index (χ3n) is 3.80. The molecule has 1 aliphatic carbocycles. The van der Waals surface area contributed by atoms with E-state index in [1.165, 1.54) is 17.2 Å². The molecule has 0 bridgehead atoms. The first-order valence-corrected chi connectivity index (χ1v) is 6.83. The minimum absolute atomic E-state index is 0.135. The largest absolute Gasteiger partial charge is 0.373 e. The van der Waals surface area contributed by atoms with Crippen LogP contribution in [0.2, 0.25) is 0 Å². The van der Waals surface area contributed by atoms with E-state index in [-0.39, 0.29) is 16.7 Å². The highest BCUT2D eigenvalue weighted by atomic mass is 16.6. The lowest BCUT2D eigenvalue weighted by atomic mass is 9.87. The van der Waals surface area contributed by atoms with Crippen LogP contribution < -0.4 is 5.32 Å². The second-order valence-electron chi connectivity index (χ2n) is 5.06. The zero-order valence-electron chi connectivity index (χ0n) is 11.1. The smallest absolute Gasteiger partial charge is 0.292 e. The van der Waals surface area contributed by atoms with E-state index in [2.05, 4.69) is 17.4 Å². The maximum Gasteiger partial charge on any atom is 0.292 e. The number of nitro benzene ring substituents is 1. The summed E-state index contributed by atoms with van der Waals surface area (Å²) in [6.07, 6.45) is 3.20. The third-order valence-corrected chi connectivity index (χ3v) is 3.80. The second kappa shape index (κ2) is 5.33. The van der Waals surface area contributed by atoms with Crippen LogP contribution in [-0.4, -0.2) is 4.92 Å². The predicted octanol–water partition coefficient (Wildman–Crippen LogP) is 4.08. The first-order chi connectivity index (χ1) is 9.75. The highest BCUT2D eigenvalue weighted by Crippen LogP contribution is 2.34. The van der Waals surface area contributed by atoms with Crippen molar-refractivity contribution >= 4 is 11.4 Å². The van der Waals surface area contributed by atoms with E-state index in [1.54, 1.807) is 12.1 Å². The van der Waals surface area contributed by atoms with Gasteiger partial charge < -0.3 is 5.32 Å². The fraction of sp³-hybridized carbons (Fsp3) is 0.250. The van der Waals surface area contributed by atoms with Crippen LogP contribution in [-0.2, 0) is 6.42 Å². The van der Waals surface area contributed by atoms with Gasteiger partial charge in [-0.1, -0.05) is 36.4 Å². The fourth-order valence-electron chi connectivity index (χ4n) is 2.85. The van der Waals surface area contributed by atoms with Crippen molar-refractivity contribution in [1.29, 1.82) is 0 Å². The SMILES string of the molecule is O=[N+]([O-])c1ccccc1NC1CCCc2ccccc21. The molecular weight excluding hydrogens is 252 g/mol. The molecule has 0 fully saturated rings. The molecule has 0 radical (unpaired) electrons. The summed E-state index contributed by atoms with van der Waals surface area (Å²) in [5.41, 5.74) is 3.33. The Bertz CT molecular complexity index is 640. The Morgan fingerprint density at radius 2 is 1.85 bits per heavy atom. The number of rotatable bonds is 3. The molecule has 0 saturated carbocycles. The van der Waals surface area contributed by atoms with Crippen LogP contribution in [0.4, 0.5) is 11.4 Å². The maximum absolute atomic E-state index is 11.1. The van der Waals surface area contributed by atoms with Crippen molar-refractivity contribution < 1.29 is 4.92 Å². The summed E-state index contributed by atoms with van der Waals surface area (Å²) >= 11 is 0. The van der Waals surface area contributed by atoms with Crippen LogP contribution in [0.3, 0.4) is 0 Å². The summed E-state index contributed by atoms with van der Waals surface area (Å²) in [7, 11) is 0. The lowest BCUT2D eigenvalue weighted by Gasteiger charge is -2.27. The van der Waals surface area contributed by atoms with Crippen LogP contribution in [0.5, 0.6) is 0 Å². The van der Waals surface area contributed by atoms with Crippen molar-refractivity contribution in [3.63, 3.8) is 0 Å². The summed E-state index contributed by atoms with van der Waals surface area (Å²) in [4.78, 5) is 10.7. The Kier molecular flexibility index (Phi) is 3.37. The van der Waals surface area contributed by atoms with Crippen molar-refractivity contribution in [1.82, 2.24) is 0 Å². The second-order valence-corrected chi connectivity index (χ2v) is 5.06.